The molecule has 132 valence electrons. The van der Waals surface area contributed by atoms with Crippen LogP contribution in [0.3, 0.4) is 0 Å². The van der Waals surface area contributed by atoms with Crippen LogP contribution in [0.1, 0.15) is 35.9 Å². The monoisotopic (exact) mass is 340 g/mol. The standard InChI is InChI=1S/C19H24N4O2/c1-13-6-7-16(14(2)12-13)19(4)17(24)23(18(25)21-19)10-5-9-22-11-8-20-15(22)3/h6-8,11-12H,5,9-10H2,1-4H3,(H,21,25). The molecule has 1 aliphatic rings. The van der Waals surface area contributed by atoms with Crippen LogP contribution < -0.4 is 5.32 Å². The van der Waals surface area contributed by atoms with Gasteiger partial charge in [0.15, 0.2) is 0 Å². The van der Waals surface area contributed by atoms with Crippen molar-refractivity contribution in [3.63, 3.8) is 0 Å². The minimum atomic E-state index is -1.00. The smallest absolute Gasteiger partial charge is 0.325 e. The Morgan fingerprint density at radius 3 is 2.56 bits per heavy atom. The van der Waals surface area contributed by atoms with Crippen molar-refractivity contribution in [2.75, 3.05) is 6.54 Å². The normalized spacial score (nSPS) is 20.2. The summed E-state index contributed by atoms with van der Waals surface area (Å²) in [6.45, 7) is 8.82. The molecule has 1 aromatic carbocycles. The summed E-state index contributed by atoms with van der Waals surface area (Å²) in [7, 11) is 0. The number of aryl methyl sites for hydroxylation is 4. The van der Waals surface area contributed by atoms with Gasteiger partial charge in [-0.2, -0.15) is 0 Å². The van der Waals surface area contributed by atoms with Crippen LogP contribution in [0.4, 0.5) is 4.79 Å². The number of rotatable bonds is 5. The Hall–Kier alpha value is -2.63. The number of nitrogens with one attached hydrogen (secondary N) is 1. The maximum Gasteiger partial charge on any atom is 0.325 e. The summed E-state index contributed by atoms with van der Waals surface area (Å²) in [5.41, 5.74) is 1.99. The SMILES string of the molecule is Cc1ccc(C2(C)NC(=O)N(CCCn3ccnc3C)C2=O)c(C)c1. The van der Waals surface area contributed by atoms with Gasteiger partial charge in [-0.3, -0.25) is 9.69 Å². The molecule has 1 N–H and O–H groups in total. The van der Waals surface area contributed by atoms with Crippen LogP contribution in [0.25, 0.3) is 0 Å². The van der Waals surface area contributed by atoms with Crippen molar-refractivity contribution in [3.05, 3.63) is 53.1 Å². The average molecular weight is 340 g/mol. The molecule has 1 atom stereocenters. The lowest BCUT2D eigenvalue weighted by Gasteiger charge is -2.24. The van der Waals surface area contributed by atoms with E-state index in [1.807, 2.05) is 49.7 Å². The molecule has 25 heavy (non-hydrogen) atoms. The third-order valence-corrected chi connectivity index (χ3v) is 4.90. The lowest BCUT2D eigenvalue weighted by molar-refractivity contribution is -0.131. The van der Waals surface area contributed by atoms with E-state index in [1.165, 1.54) is 4.90 Å². The Kier molecular flexibility index (Phi) is 4.37. The van der Waals surface area contributed by atoms with Crippen molar-refractivity contribution in [1.82, 2.24) is 19.8 Å². The van der Waals surface area contributed by atoms with E-state index in [9.17, 15) is 9.59 Å². The number of benzene rings is 1. The first kappa shape index (κ1) is 17.2. The molecule has 1 saturated heterocycles. The van der Waals surface area contributed by atoms with Gasteiger partial charge in [0.25, 0.3) is 5.91 Å². The predicted octanol–water partition coefficient (Wildman–Crippen LogP) is 2.67. The van der Waals surface area contributed by atoms with Crippen molar-refractivity contribution in [2.45, 2.75) is 46.2 Å². The van der Waals surface area contributed by atoms with Crippen LogP contribution in [-0.4, -0.2) is 32.9 Å². The molecule has 6 nitrogen and oxygen atoms in total. The lowest BCUT2D eigenvalue weighted by atomic mass is 9.87. The third kappa shape index (κ3) is 3.04. The first-order valence-corrected chi connectivity index (χ1v) is 8.52. The number of imide groups is 1. The van der Waals surface area contributed by atoms with Crippen molar-refractivity contribution >= 4 is 11.9 Å². The Balaban J connectivity index is 1.74. The molecular weight excluding hydrogens is 316 g/mol. The highest BCUT2D eigenvalue weighted by Crippen LogP contribution is 2.31. The van der Waals surface area contributed by atoms with E-state index < -0.39 is 5.54 Å². The quantitative estimate of drug-likeness (QED) is 0.851. The molecule has 1 unspecified atom stereocenters. The minimum Gasteiger partial charge on any atom is -0.335 e. The summed E-state index contributed by atoms with van der Waals surface area (Å²) < 4.78 is 2.02. The van der Waals surface area contributed by atoms with Gasteiger partial charge in [0, 0.05) is 25.5 Å². The Bertz CT molecular complexity index is 827. The number of hydrogen-bond donors (Lipinski definition) is 1. The number of carbonyl (C=O) groups excluding carboxylic acids is 2. The van der Waals surface area contributed by atoms with Gasteiger partial charge < -0.3 is 9.88 Å². The average Bonchev–Trinajstić information content (AvgIpc) is 3.04. The highest BCUT2D eigenvalue weighted by Gasteiger charge is 2.49. The summed E-state index contributed by atoms with van der Waals surface area (Å²) in [4.78, 5) is 30.8. The first-order chi connectivity index (χ1) is 11.8. The summed E-state index contributed by atoms with van der Waals surface area (Å²) in [6.07, 6.45) is 4.35. The summed E-state index contributed by atoms with van der Waals surface area (Å²) >= 11 is 0. The molecule has 3 rings (SSSR count). The number of aromatic nitrogens is 2. The fourth-order valence-electron chi connectivity index (χ4n) is 3.50. The van der Waals surface area contributed by atoms with E-state index in [0.717, 1.165) is 29.1 Å². The molecule has 1 aromatic heterocycles. The second kappa shape index (κ2) is 6.35. The molecule has 1 fully saturated rings. The van der Waals surface area contributed by atoms with Crippen molar-refractivity contribution in [3.8, 4) is 0 Å². The number of nitrogens with zero attached hydrogens (tertiary/aromatic N) is 3. The molecule has 2 heterocycles. The Labute approximate surface area is 147 Å². The zero-order valence-corrected chi connectivity index (χ0v) is 15.2. The fourth-order valence-corrected chi connectivity index (χ4v) is 3.50. The van der Waals surface area contributed by atoms with E-state index in [-0.39, 0.29) is 11.9 Å². The van der Waals surface area contributed by atoms with E-state index in [4.69, 9.17) is 0 Å². The highest BCUT2D eigenvalue weighted by molar-refractivity contribution is 6.07. The van der Waals surface area contributed by atoms with Gasteiger partial charge in [-0.1, -0.05) is 23.8 Å². The van der Waals surface area contributed by atoms with Gasteiger partial charge in [-0.25, -0.2) is 9.78 Å². The van der Waals surface area contributed by atoms with Crippen molar-refractivity contribution < 1.29 is 9.59 Å². The van der Waals surface area contributed by atoms with Crippen molar-refractivity contribution in [2.24, 2.45) is 0 Å². The predicted molar refractivity (Wildman–Crippen MR) is 95.1 cm³/mol. The highest BCUT2D eigenvalue weighted by atomic mass is 16.2. The topological polar surface area (TPSA) is 67.2 Å². The number of carbonyl (C=O) groups is 2. The van der Waals surface area contributed by atoms with Crippen LogP contribution in [0, 0.1) is 20.8 Å². The zero-order valence-electron chi connectivity index (χ0n) is 15.2. The Morgan fingerprint density at radius 2 is 1.92 bits per heavy atom. The van der Waals surface area contributed by atoms with Gasteiger partial charge in [0.1, 0.15) is 11.4 Å². The minimum absolute atomic E-state index is 0.188. The molecule has 0 radical (unpaired) electrons. The van der Waals surface area contributed by atoms with E-state index >= 15 is 0 Å². The third-order valence-electron chi connectivity index (χ3n) is 4.90. The van der Waals surface area contributed by atoms with Crippen LogP contribution >= 0.6 is 0 Å². The van der Waals surface area contributed by atoms with E-state index in [0.29, 0.717) is 13.0 Å². The Morgan fingerprint density at radius 1 is 1.16 bits per heavy atom. The van der Waals surface area contributed by atoms with Crippen LogP contribution in [-0.2, 0) is 16.9 Å². The van der Waals surface area contributed by atoms with Gasteiger partial charge in [-0.15, -0.1) is 0 Å². The summed E-state index contributed by atoms with van der Waals surface area (Å²) in [5, 5.41) is 2.88. The van der Waals surface area contributed by atoms with Gasteiger partial charge in [-0.05, 0) is 45.2 Å². The maximum absolute atomic E-state index is 13.0. The zero-order chi connectivity index (χ0) is 18.2. The summed E-state index contributed by atoms with van der Waals surface area (Å²) in [5.74, 6) is 0.740. The van der Waals surface area contributed by atoms with Gasteiger partial charge in [0.2, 0.25) is 0 Å². The van der Waals surface area contributed by atoms with Crippen LogP contribution in [0.5, 0.6) is 0 Å². The van der Waals surface area contributed by atoms with Gasteiger partial charge >= 0.3 is 6.03 Å². The largest absolute Gasteiger partial charge is 0.335 e. The summed E-state index contributed by atoms with van der Waals surface area (Å²) in [6, 6.07) is 5.61. The lowest BCUT2D eigenvalue weighted by Crippen LogP contribution is -2.41. The molecule has 0 bridgehead atoms. The number of imidazole rings is 1. The molecule has 6 heteroatoms. The maximum atomic E-state index is 13.0. The second-order valence-corrected chi connectivity index (χ2v) is 6.85. The molecule has 0 saturated carbocycles. The molecule has 0 aliphatic carbocycles. The fraction of sp³-hybridized carbons (Fsp3) is 0.421. The number of amides is 3. The molecule has 3 amide bonds. The van der Waals surface area contributed by atoms with Crippen LogP contribution in [0.15, 0.2) is 30.6 Å². The molecular formula is C19H24N4O2. The molecule has 1 aliphatic heterocycles. The molecule has 2 aromatic rings. The van der Waals surface area contributed by atoms with Crippen molar-refractivity contribution in [1.29, 1.82) is 0 Å². The van der Waals surface area contributed by atoms with E-state index in [2.05, 4.69) is 10.3 Å². The second-order valence-electron chi connectivity index (χ2n) is 6.85. The van der Waals surface area contributed by atoms with E-state index in [1.54, 1.807) is 13.1 Å². The van der Waals surface area contributed by atoms with Gasteiger partial charge in [0.05, 0.1) is 0 Å². The first-order valence-electron chi connectivity index (χ1n) is 8.52. The van der Waals surface area contributed by atoms with Crippen LogP contribution in [0.2, 0.25) is 0 Å². The molecule has 0 spiro atoms. The number of urea groups is 1. The number of hydrogen-bond acceptors (Lipinski definition) is 3.